The van der Waals surface area contributed by atoms with Crippen LogP contribution in [0.15, 0.2) is 24.5 Å². The summed E-state index contributed by atoms with van der Waals surface area (Å²) in [6.45, 7) is 1.46. The van der Waals surface area contributed by atoms with E-state index in [1.165, 1.54) is 6.20 Å². The lowest BCUT2D eigenvalue weighted by Crippen LogP contribution is -2.37. The van der Waals surface area contributed by atoms with E-state index >= 15 is 0 Å². The van der Waals surface area contributed by atoms with Crippen LogP contribution in [0.1, 0.15) is 13.3 Å². The lowest BCUT2D eigenvalue weighted by molar-refractivity contribution is -0.137. The molecule has 0 aromatic carbocycles. The van der Waals surface area contributed by atoms with Gasteiger partial charge in [-0.15, -0.1) is 0 Å². The topological polar surface area (TPSA) is 88.5 Å². The molecule has 0 spiro atoms. The highest BCUT2D eigenvalue weighted by Crippen LogP contribution is 2.05. The summed E-state index contributed by atoms with van der Waals surface area (Å²) in [6.07, 6.45) is 2.98. The second-order valence-electron chi connectivity index (χ2n) is 3.54. The maximum absolute atomic E-state index is 11.4. The molecule has 1 rings (SSSR count). The van der Waals surface area contributed by atoms with Crippen LogP contribution in [0.5, 0.6) is 5.75 Å². The highest BCUT2D eigenvalue weighted by molar-refractivity contribution is 5.78. The molecule has 0 saturated heterocycles. The first-order valence-corrected chi connectivity index (χ1v) is 5.12. The fraction of sp³-hybridized carbons (Fsp3) is 0.364. The van der Waals surface area contributed by atoms with E-state index in [9.17, 15) is 9.59 Å². The van der Waals surface area contributed by atoms with Gasteiger partial charge in [-0.3, -0.25) is 14.6 Å². The second-order valence-corrected chi connectivity index (χ2v) is 3.54. The van der Waals surface area contributed by atoms with Gasteiger partial charge in [0.25, 0.3) is 5.91 Å². The van der Waals surface area contributed by atoms with Gasteiger partial charge in [0.05, 0.1) is 12.6 Å². The summed E-state index contributed by atoms with van der Waals surface area (Å²) in [5.41, 5.74) is 0. The lowest BCUT2D eigenvalue weighted by Gasteiger charge is -2.11. The van der Waals surface area contributed by atoms with Gasteiger partial charge in [-0.1, -0.05) is 0 Å². The summed E-state index contributed by atoms with van der Waals surface area (Å²) < 4.78 is 5.15. The zero-order valence-corrected chi connectivity index (χ0v) is 9.42. The zero-order valence-electron chi connectivity index (χ0n) is 9.42. The van der Waals surface area contributed by atoms with Crippen molar-refractivity contribution in [3.8, 4) is 5.75 Å². The Kier molecular flexibility index (Phi) is 4.93. The Hall–Kier alpha value is -2.11. The van der Waals surface area contributed by atoms with E-state index in [0.717, 1.165) is 0 Å². The van der Waals surface area contributed by atoms with Gasteiger partial charge in [0.15, 0.2) is 6.61 Å². The molecule has 6 nitrogen and oxygen atoms in total. The molecule has 0 radical (unpaired) electrons. The van der Waals surface area contributed by atoms with Crippen molar-refractivity contribution in [1.29, 1.82) is 0 Å². The van der Waals surface area contributed by atoms with Crippen molar-refractivity contribution in [2.75, 3.05) is 6.61 Å². The molecule has 0 fully saturated rings. The molecule has 6 heteroatoms. The predicted octanol–water partition coefficient (Wildman–Crippen LogP) is 0.440. The van der Waals surface area contributed by atoms with E-state index in [0.29, 0.717) is 5.75 Å². The minimum Gasteiger partial charge on any atom is -0.482 e. The molecule has 1 atom stereocenters. The third-order valence-electron chi connectivity index (χ3n) is 1.89. The molecule has 1 amide bonds. The van der Waals surface area contributed by atoms with E-state index in [-0.39, 0.29) is 18.9 Å². The number of rotatable bonds is 6. The Labute approximate surface area is 98.6 Å². The van der Waals surface area contributed by atoms with Crippen molar-refractivity contribution in [2.45, 2.75) is 19.4 Å². The molecule has 1 aromatic rings. The van der Waals surface area contributed by atoms with Crippen molar-refractivity contribution >= 4 is 11.9 Å². The van der Waals surface area contributed by atoms with Crippen molar-refractivity contribution in [2.24, 2.45) is 0 Å². The summed E-state index contributed by atoms with van der Waals surface area (Å²) in [5, 5.41) is 11.0. The first-order valence-electron chi connectivity index (χ1n) is 5.12. The molecule has 1 aromatic heterocycles. The number of carboxylic acids is 1. The molecule has 0 bridgehead atoms. The third-order valence-corrected chi connectivity index (χ3v) is 1.89. The second kappa shape index (κ2) is 6.47. The fourth-order valence-electron chi connectivity index (χ4n) is 1.21. The minimum absolute atomic E-state index is 0.112. The van der Waals surface area contributed by atoms with E-state index in [1.807, 2.05) is 0 Å². The van der Waals surface area contributed by atoms with Crippen LogP contribution in [-0.4, -0.2) is 34.6 Å². The number of ether oxygens (including phenoxy) is 1. The first kappa shape index (κ1) is 13.0. The number of nitrogens with zero attached hydrogens (tertiary/aromatic N) is 1. The van der Waals surface area contributed by atoms with E-state index in [1.54, 1.807) is 25.3 Å². The number of pyridine rings is 1. The van der Waals surface area contributed by atoms with Gasteiger partial charge >= 0.3 is 5.97 Å². The number of hydrogen-bond acceptors (Lipinski definition) is 4. The number of carboxylic acid groups (broad SMARTS) is 1. The van der Waals surface area contributed by atoms with Crippen molar-refractivity contribution < 1.29 is 19.4 Å². The van der Waals surface area contributed by atoms with Crippen LogP contribution in [-0.2, 0) is 9.59 Å². The number of carbonyl (C=O) groups excluding carboxylic acids is 1. The van der Waals surface area contributed by atoms with Crippen LogP contribution in [0.3, 0.4) is 0 Å². The van der Waals surface area contributed by atoms with Gasteiger partial charge in [0.1, 0.15) is 5.75 Å². The molecule has 0 saturated carbocycles. The third kappa shape index (κ3) is 5.50. The van der Waals surface area contributed by atoms with Crippen LogP contribution in [0.4, 0.5) is 0 Å². The Morgan fingerprint density at radius 2 is 2.35 bits per heavy atom. The van der Waals surface area contributed by atoms with Gasteiger partial charge in [-0.25, -0.2) is 0 Å². The summed E-state index contributed by atoms with van der Waals surface area (Å²) in [7, 11) is 0. The Morgan fingerprint density at radius 1 is 1.59 bits per heavy atom. The summed E-state index contributed by atoms with van der Waals surface area (Å²) in [6, 6.07) is 2.96. The highest BCUT2D eigenvalue weighted by Gasteiger charge is 2.11. The van der Waals surface area contributed by atoms with Gasteiger partial charge < -0.3 is 15.2 Å². The molecule has 2 N–H and O–H groups in total. The van der Waals surface area contributed by atoms with Crippen LogP contribution in [0.2, 0.25) is 0 Å². The molecule has 0 aliphatic heterocycles. The standard InChI is InChI=1S/C11H14N2O4/c1-8(5-11(15)16)13-10(14)7-17-9-3-2-4-12-6-9/h2-4,6,8H,5,7H2,1H3,(H,13,14)(H,15,16). The Balaban J connectivity index is 2.28. The predicted molar refractivity (Wildman–Crippen MR) is 59.6 cm³/mol. The SMILES string of the molecule is CC(CC(=O)O)NC(=O)COc1cccnc1. The Morgan fingerprint density at radius 3 is 2.94 bits per heavy atom. The normalized spacial score (nSPS) is 11.6. The van der Waals surface area contributed by atoms with Crippen LogP contribution in [0.25, 0.3) is 0 Å². The number of amides is 1. The number of hydrogen-bond donors (Lipinski definition) is 2. The van der Waals surface area contributed by atoms with Crippen molar-refractivity contribution in [3.63, 3.8) is 0 Å². The van der Waals surface area contributed by atoms with E-state index in [4.69, 9.17) is 9.84 Å². The van der Waals surface area contributed by atoms with Crippen LogP contribution in [0, 0.1) is 0 Å². The van der Waals surface area contributed by atoms with Gasteiger partial charge in [-0.05, 0) is 19.1 Å². The maximum atomic E-state index is 11.4. The minimum atomic E-state index is -0.953. The summed E-state index contributed by atoms with van der Waals surface area (Å²) in [5.74, 6) is -0.817. The van der Waals surface area contributed by atoms with E-state index < -0.39 is 12.0 Å². The molecule has 1 unspecified atom stereocenters. The fourth-order valence-corrected chi connectivity index (χ4v) is 1.21. The number of nitrogens with one attached hydrogen (secondary N) is 1. The first-order chi connectivity index (χ1) is 8.08. The van der Waals surface area contributed by atoms with Crippen LogP contribution >= 0.6 is 0 Å². The smallest absolute Gasteiger partial charge is 0.305 e. The number of carbonyl (C=O) groups is 2. The maximum Gasteiger partial charge on any atom is 0.305 e. The quantitative estimate of drug-likeness (QED) is 0.750. The molecule has 92 valence electrons. The average Bonchev–Trinajstić information content (AvgIpc) is 2.26. The molecular weight excluding hydrogens is 224 g/mol. The van der Waals surface area contributed by atoms with Gasteiger partial charge in [-0.2, -0.15) is 0 Å². The van der Waals surface area contributed by atoms with Crippen LogP contribution < -0.4 is 10.1 Å². The molecule has 17 heavy (non-hydrogen) atoms. The van der Waals surface area contributed by atoms with Gasteiger partial charge in [0, 0.05) is 12.2 Å². The van der Waals surface area contributed by atoms with Crippen molar-refractivity contribution in [1.82, 2.24) is 10.3 Å². The monoisotopic (exact) mass is 238 g/mol. The summed E-state index contributed by atoms with van der Waals surface area (Å²) >= 11 is 0. The van der Waals surface area contributed by atoms with E-state index in [2.05, 4.69) is 10.3 Å². The molecule has 1 heterocycles. The number of aromatic nitrogens is 1. The highest BCUT2D eigenvalue weighted by atomic mass is 16.5. The number of aliphatic carboxylic acids is 1. The average molecular weight is 238 g/mol. The molecule has 0 aliphatic carbocycles. The largest absolute Gasteiger partial charge is 0.482 e. The molecular formula is C11H14N2O4. The van der Waals surface area contributed by atoms with Gasteiger partial charge in [0.2, 0.25) is 0 Å². The zero-order chi connectivity index (χ0) is 12.7. The lowest BCUT2D eigenvalue weighted by atomic mass is 10.2. The molecule has 0 aliphatic rings. The van der Waals surface area contributed by atoms with Crippen molar-refractivity contribution in [3.05, 3.63) is 24.5 Å². The summed E-state index contributed by atoms with van der Waals surface area (Å²) in [4.78, 5) is 25.6. The Bertz CT molecular complexity index is 380.